The van der Waals surface area contributed by atoms with Crippen LogP contribution >= 0.6 is 0 Å². The van der Waals surface area contributed by atoms with E-state index in [2.05, 4.69) is 4.98 Å². The molecule has 5 nitrogen and oxygen atoms in total. The van der Waals surface area contributed by atoms with Gasteiger partial charge in [0, 0.05) is 42.5 Å². The lowest BCUT2D eigenvalue weighted by Gasteiger charge is -2.31. The highest BCUT2D eigenvalue weighted by atomic mass is 19.1. The number of amides is 1. The van der Waals surface area contributed by atoms with Gasteiger partial charge in [0.25, 0.3) is 11.7 Å². The van der Waals surface area contributed by atoms with Gasteiger partial charge in [-0.2, -0.15) is 0 Å². The molecule has 2 heterocycles. The van der Waals surface area contributed by atoms with Crippen LogP contribution in [0.25, 0.3) is 10.9 Å². The van der Waals surface area contributed by atoms with Crippen molar-refractivity contribution in [3.05, 3.63) is 65.6 Å². The lowest BCUT2D eigenvalue weighted by molar-refractivity contribution is -0.128. The molecule has 0 atom stereocenters. The van der Waals surface area contributed by atoms with Crippen molar-refractivity contribution >= 4 is 22.6 Å². The summed E-state index contributed by atoms with van der Waals surface area (Å²) in [6, 6.07) is 13.4. The van der Waals surface area contributed by atoms with Gasteiger partial charge in [-0.05, 0) is 37.3 Å². The second-order valence-electron chi connectivity index (χ2n) is 7.06. The predicted molar refractivity (Wildman–Crippen MR) is 104 cm³/mol. The minimum absolute atomic E-state index is 0.0561. The van der Waals surface area contributed by atoms with Gasteiger partial charge >= 0.3 is 0 Å². The summed E-state index contributed by atoms with van der Waals surface area (Å²) in [7, 11) is 0. The largest absolute Gasteiger partial charge is 0.490 e. The first kappa shape index (κ1) is 18.2. The number of carbonyl (C=O) groups excluding carboxylic acids is 2. The van der Waals surface area contributed by atoms with E-state index in [-0.39, 0.29) is 11.9 Å². The Morgan fingerprint density at radius 2 is 1.75 bits per heavy atom. The maximum atomic E-state index is 13.0. The molecule has 0 radical (unpaired) electrons. The number of piperidine rings is 1. The summed E-state index contributed by atoms with van der Waals surface area (Å²) in [6.07, 6.45) is 1.20. The summed E-state index contributed by atoms with van der Waals surface area (Å²) in [6.45, 7) is 2.72. The highest BCUT2D eigenvalue weighted by Gasteiger charge is 2.30. The van der Waals surface area contributed by atoms with Crippen molar-refractivity contribution in [3.63, 3.8) is 0 Å². The molecule has 6 heteroatoms. The average Bonchev–Trinajstić information content (AvgIpc) is 3.05. The molecule has 1 aliphatic rings. The monoisotopic (exact) mass is 380 g/mol. The Morgan fingerprint density at radius 1 is 1.07 bits per heavy atom. The Labute approximate surface area is 162 Å². The second kappa shape index (κ2) is 7.46. The molecule has 1 aliphatic heterocycles. The van der Waals surface area contributed by atoms with Crippen molar-refractivity contribution < 1.29 is 18.7 Å². The topological polar surface area (TPSA) is 62.4 Å². The van der Waals surface area contributed by atoms with E-state index in [9.17, 15) is 14.0 Å². The van der Waals surface area contributed by atoms with Gasteiger partial charge in [0.2, 0.25) is 0 Å². The number of aryl methyl sites for hydroxylation is 1. The molecule has 1 amide bonds. The maximum Gasteiger partial charge on any atom is 0.295 e. The van der Waals surface area contributed by atoms with Crippen molar-refractivity contribution in [3.8, 4) is 5.75 Å². The fourth-order valence-electron chi connectivity index (χ4n) is 3.70. The van der Waals surface area contributed by atoms with Crippen LogP contribution in [0.4, 0.5) is 4.39 Å². The first-order chi connectivity index (χ1) is 13.5. The number of fused-ring (bicyclic) bond motifs is 1. The van der Waals surface area contributed by atoms with Crippen LogP contribution in [0.5, 0.6) is 5.75 Å². The number of nitrogens with zero attached hydrogens (tertiary/aromatic N) is 1. The van der Waals surface area contributed by atoms with Gasteiger partial charge in [0.15, 0.2) is 0 Å². The van der Waals surface area contributed by atoms with Gasteiger partial charge in [0.1, 0.15) is 17.7 Å². The Bertz CT molecular complexity index is 1020. The average molecular weight is 380 g/mol. The number of aromatic nitrogens is 1. The highest BCUT2D eigenvalue weighted by Crippen LogP contribution is 2.24. The zero-order valence-electron chi connectivity index (χ0n) is 15.6. The number of ketones is 1. The van der Waals surface area contributed by atoms with Gasteiger partial charge in [-0.3, -0.25) is 9.59 Å². The summed E-state index contributed by atoms with van der Waals surface area (Å²) in [5, 5.41) is 0.771. The van der Waals surface area contributed by atoms with E-state index in [1.165, 1.54) is 12.1 Å². The maximum absolute atomic E-state index is 13.0. The summed E-state index contributed by atoms with van der Waals surface area (Å²) < 4.78 is 18.8. The number of rotatable bonds is 4. The number of ether oxygens (including phenoxy) is 1. The van der Waals surface area contributed by atoms with Gasteiger partial charge < -0.3 is 14.6 Å². The minimum Gasteiger partial charge on any atom is -0.490 e. The molecule has 1 aromatic heterocycles. The molecule has 0 saturated carbocycles. The molecule has 0 aliphatic carbocycles. The third-order valence-electron chi connectivity index (χ3n) is 5.16. The third-order valence-corrected chi connectivity index (χ3v) is 5.16. The molecule has 0 bridgehead atoms. The van der Waals surface area contributed by atoms with Crippen molar-refractivity contribution in [2.45, 2.75) is 25.9 Å². The molecule has 2 aromatic carbocycles. The quantitative estimate of drug-likeness (QED) is 0.552. The number of benzene rings is 2. The Hall–Kier alpha value is -3.15. The van der Waals surface area contributed by atoms with Crippen molar-refractivity contribution in [1.29, 1.82) is 0 Å². The fraction of sp³-hybridized carbons (Fsp3) is 0.273. The van der Waals surface area contributed by atoms with Gasteiger partial charge in [-0.25, -0.2) is 4.39 Å². The number of nitrogens with one attached hydrogen (secondary N) is 1. The predicted octanol–water partition coefficient (Wildman–Crippen LogP) is 3.87. The third kappa shape index (κ3) is 3.50. The van der Waals surface area contributed by atoms with E-state index >= 15 is 0 Å². The van der Waals surface area contributed by atoms with Crippen molar-refractivity contribution in [2.24, 2.45) is 0 Å². The van der Waals surface area contributed by atoms with Crippen LogP contribution in [-0.2, 0) is 4.79 Å². The molecule has 1 N–H and O–H groups in total. The molecular weight excluding hydrogens is 359 g/mol. The summed E-state index contributed by atoms with van der Waals surface area (Å²) in [5.74, 6) is -0.656. The number of hydrogen-bond acceptors (Lipinski definition) is 3. The normalized spacial score (nSPS) is 15.0. The van der Waals surface area contributed by atoms with Crippen LogP contribution in [0.2, 0.25) is 0 Å². The van der Waals surface area contributed by atoms with E-state index in [4.69, 9.17) is 4.74 Å². The van der Waals surface area contributed by atoms with Crippen LogP contribution in [0.1, 0.15) is 28.9 Å². The number of likely N-dealkylation sites (tertiary alicyclic amines) is 1. The molecule has 4 rings (SSSR count). The Morgan fingerprint density at radius 3 is 2.46 bits per heavy atom. The smallest absolute Gasteiger partial charge is 0.295 e. The molecular formula is C22H21FN2O3. The number of Topliss-reactive ketones (excluding diaryl/α,β-unsaturated/α-hetero) is 1. The first-order valence-corrected chi connectivity index (χ1v) is 9.36. The van der Waals surface area contributed by atoms with E-state index in [0.29, 0.717) is 42.9 Å². The van der Waals surface area contributed by atoms with Crippen LogP contribution in [0.3, 0.4) is 0 Å². The molecule has 28 heavy (non-hydrogen) atoms. The molecule has 144 valence electrons. The molecule has 3 aromatic rings. The van der Waals surface area contributed by atoms with Crippen molar-refractivity contribution in [1.82, 2.24) is 9.88 Å². The SMILES string of the molecule is Cc1[nH]c2ccccc2c1C(=O)C(=O)N1CCC(Oc2ccc(F)cc2)CC1. The number of halogens is 1. The second-order valence-corrected chi connectivity index (χ2v) is 7.06. The number of aromatic amines is 1. The first-order valence-electron chi connectivity index (χ1n) is 9.36. The molecule has 0 unspecified atom stereocenters. The number of hydrogen-bond donors (Lipinski definition) is 1. The van der Waals surface area contributed by atoms with E-state index in [1.54, 1.807) is 17.0 Å². The van der Waals surface area contributed by atoms with Crippen LogP contribution in [0.15, 0.2) is 48.5 Å². The van der Waals surface area contributed by atoms with Gasteiger partial charge in [0.05, 0.1) is 5.56 Å². The van der Waals surface area contributed by atoms with Crippen molar-refractivity contribution in [2.75, 3.05) is 13.1 Å². The highest BCUT2D eigenvalue weighted by molar-refractivity contribution is 6.45. The number of H-pyrrole nitrogens is 1. The summed E-state index contributed by atoms with van der Waals surface area (Å²) in [4.78, 5) is 30.4. The van der Waals surface area contributed by atoms with Gasteiger partial charge in [-0.15, -0.1) is 0 Å². The Balaban J connectivity index is 1.41. The number of carbonyl (C=O) groups is 2. The lowest BCUT2D eigenvalue weighted by atomic mass is 10.0. The van der Waals surface area contributed by atoms with Crippen LogP contribution < -0.4 is 4.74 Å². The zero-order valence-corrected chi connectivity index (χ0v) is 15.6. The minimum atomic E-state index is -0.479. The molecule has 0 spiro atoms. The van der Waals surface area contributed by atoms with Crippen LogP contribution in [-0.4, -0.2) is 40.8 Å². The molecule has 1 saturated heterocycles. The van der Waals surface area contributed by atoms with E-state index < -0.39 is 11.7 Å². The fourth-order valence-corrected chi connectivity index (χ4v) is 3.70. The number of para-hydroxylation sites is 1. The Kier molecular flexibility index (Phi) is 4.86. The van der Waals surface area contributed by atoms with Crippen LogP contribution in [0, 0.1) is 12.7 Å². The molecule has 1 fully saturated rings. The van der Waals surface area contributed by atoms with E-state index in [1.807, 2.05) is 31.2 Å². The van der Waals surface area contributed by atoms with Gasteiger partial charge in [-0.1, -0.05) is 18.2 Å². The van der Waals surface area contributed by atoms with E-state index in [0.717, 1.165) is 10.9 Å². The standard InChI is InChI=1S/C22H21FN2O3/c1-14-20(18-4-2-3-5-19(18)24-14)21(26)22(27)25-12-10-17(11-13-25)28-16-8-6-15(23)7-9-16/h2-9,17,24H,10-13H2,1H3. The lowest BCUT2D eigenvalue weighted by Crippen LogP contribution is -2.44. The summed E-state index contributed by atoms with van der Waals surface area (Å²) >= 11 is 0. The summed E-state index contributed by atoms with van der Waals surface area (Å²) in [5.41, 5.74) is 2.00. The zero-order chi connectivity index (χ0) is 19.7.